The summed E-state index contributed by atoms with van der Waals surface area (Å²) in [6.45, 7) is 7.35. The number of methoxy groups -OCH3 is 1. The molecular weight excluding hydrogens is 366 g/mol. The number of hydrogen-bond acceptors (Lipinski definition) is 4. The zero-order valence-corrected chi connectivity index (χ0v) is 18.1. The highest BCUT2D eigenvalue weighted by molar-refractivity contribution is 5.80. The molecule has 1 unspecified atom stereocenters. The largest absolute Gasteiger partial charge is 0.496 e. The molecule has 6 nitrogen and oxygen atoms in total. The SMILES string of the molecule is CCNC(=NCCc1ccccc1OC)N1CCC(OCC2CCCCO2)CC1. The molecule has 2 fully saturated rings. The van der Waals surface area contributed by atoms with Gasteiger partial charge in [-0.2, -0.15) is 0 Å². The number of piperidine rings is 1. The van der Waals surface area contributed by atoms with E-state index in [1.165, 1.54) is 18.4 Å². The van der Waals surface area contributed by atoms with E-state index in [1.54, 1.807) is 7.11 Å². The van der Waals surface area contributed by atoms with E-state index in [2.05, 4.69) is 29.3 Å². The smallest absolute Gasteiger partial charge is 0.193 e. The van der Waals surface area contributed by atoms with Gasteiger partial charge in [0.25, 0.3) is 0 Å². The van der Waals surface area contributed by atoms with Gasteiger partial charge < -0.3 is 24.4 Å². The summed E-state index contributed by atoms with van der Waals surface area (Å²) in [5, 5.41) is 3.45. The summed E-state index contributed by atoms with van der Waals surface area (Å²) >= 11 is 0. The fourth-order valence-electron chi connectivity index (χ4n) is 4.03. The second-order valence-electron chi connectivity index (χ2n) is 7.81. The van der Waals surface area contributed by atoms with Crippen LogP contribution in [0, 0.1) is 0 Å². The average Bonchev–Trinajstić information content (AvgIpc) is 2.78. The molecule has 0 amide bonds. The molecule has 2 saturated heterocycles. The average molecular weight is 404 g/mol. The van der Waals surface area contributed by atoms with Crippen LogP contribution in [0.1, 0.15) is 44.6 Å². The zero-order chi connectivity index (χ0) is 20.3. The van der Waals surface area contributed by atoms with Crippen molar-refractivity contribution in [3.8, 4) is 5.75 Å². The van der Waals surface area contributed by atoms with Crippen LogP contribution in [0.3, 0.4) is 0 Å². The van der Waals surface area contributed by atoms with Gasteiger partial charge in [0.15, 0.2) is 5.96 Å². The fourth-order valence-corrected chi connectivity index (χ4v) is 4.03. The number of aliphatic imine (C=N–C) groups is 1. The van der Waals surface area contributed by atoms with Crippen molar-refractivity contribution in [2.24, 2.45) is 4.99 Å². The topological polar surface area (TPSA) is 55.3 Å². The summed E-state index contributed by atoms with van der Waals surface area (Å²) in [6.07, 6.45) is 7.21. The minimum atomic E-state index is 0.302. The van der Waals surface area contributed by atoms with Gasteiger partial charge >= 0.3 is 0 Å². The molecule has 0 radical (unpaired) electrons. The van der Waals surface area contributed by atoms with Crippen molar-refractivity contribution in [3.63, 3.8) is 0 Å². The molecule has 2 aliphatic heterocycles. The molecular formula is C23H37N3O3. The first-order valence-corrected chi connectivity index (χ1v) is 11.2. The van der Waals surface area contributed by atoms with Crippen molar-refractivity contribution in [1.82, 2.24) is 10.2 Å². The van der Waals surface area contributed by atoms with Gasteiger partial charge in [-0.15, -0.1) is 0 Å². The normalized spacial score (nSPS) is 21.2. The summed E-state index contributed by atoms with van der Waals surface area (Å²) in [5.41, 5.74) is 1.20. The van der Waals surface area contributed by atoms with Gasteiger partial charge in [0, 0.05) is 32.8 Å². The van der Waals surface area contributed by atoms with Gasteiger partial charge in [0.1, 0.15) is 5.75 Å². The van der Waals surface area contributed by atoms with Crippen LogP contribution in [0.15, 0.2) is 29.3 Å². The van der Waals surface area contributed by atoms with E-state index >= 15 is 0 Å². The van der Waals surface area contributed by atoms with E-state index in [4.69, 9.17) is 19.2 Å². The van der Waals surface area contributed by atoms with Gasteiger partial charge in [0.05, 0.1) is 25.9 Å². The summed E-state index contributed by atoms with van der Waals surface area (Å²) in [6, 6.07) is 8.17. The molecule has 3 rings (SSSR count). The number of nitrogens with zero attached hydrogens (tertiary/aromatic N) is 2. The van der Waals surface area contributed by atoms with Gasteiger partial charge in [0.2, 0.25) is 0 Å². The molecule has 2 aliphatic rings. The molecule has 0 bridgehead atoms. The maximum Gasteiger partial charge on any atom is 0.193 e. The van der Waals surface area contributed by atoms with Gasteiger partial charge in [-0.05, 0) is 57.1 Å². The van der Waals surface area contributed by atoms with E-state index in [9.17, 15) is 0 Å². The summed E-state index contributed by atoms with van der Waals surface area (Å²) in [7, 11) is 1.72. The van der Waals surface area contributed by atoms with Crippen molar-refractivity contribution >= 4 is 5.96 Å². The number of ether oxygens (including phenoxy) is 3. The maximum atomic E-state index is 6.15. The third kappa shape index (κ3) is 6.89. The molecule has 1 N–H and O–H groups in total. The molecule has 1 aromatic carbocycles. The molecule has 0 aromatic heterocycles. The highest BCUT2D eigenvalue weighted by Crippen LogP contribution is 2.19. The number of benzene rings is 1. The lowest BCUT2D eigenvalue weighted by Gasteiger charge is -2.35. The van der Waals surface area contributed by atoms with Crippen molar-refractivity contribution in [2.45, 2.75) is 57.7 Å². The van der Waals surface area contributed by atoms with E-state index in [-0.39, 0.29) is 0 Å². The first-order chi connectivity index (χ1) is 14.3. The van der Waals surface area contributed by atoms with Crippen molar-refractivity contribution in [3.05, 3.63) is 29.8 Å². The van der Waals surface area contributed by atoms with Crippen LogP contribution in [0.25, 0.3) is 0 Å². The van der Waals surface area contributed by atoms with Gasteiger partial charge in [-0.1, -0.05) is 18.2 Å². The third-order valence-corrected chi connectivity index (χ3v) is 5.70. The molecule has 1 aromatic rings. The quantitative estimate of drug-likeness (QED) is 0.533. The van der Waals surface area contributed by atoms with Crippen LogP contribution in [0.5, 0.6) is 5.75 Å². The van der Waals surface area contributed by atoms with Crippen LogP contribution in [0.2, 0.25) is 0 Å². The van der Waals surface area contributed by atoms with Gasteiger partial charge in [-0.3, -0.25) is 4.99 Å². The minimum Gasteiger partial charge on any atom is -0.496 e. The monoisotopic (exact) mass is 403 g/mol. The second kappa shape index (κ2) is 12.0. The van der Waals surface area contributed by atoms with Crippen LogP contribution in [-0.4, -0.2) is 69.6 Å². The Morgan fingerprint density at radius 1 is 1.21 bits per heavy atom. The lowest BCUT2D eigenvalue weighted by molar-refractivity contribution is -0.0721. The van der Waals surface area contributed by atoms with Crippen molar-refractivity contribution < 1.29 is 14.2 Å². The summed E-state index contributed by atoms with van der Waals surface area (Å²) in [4.78, 5) is 7.23. The predicted octanol–water partition coefficient (Wildman–Crippen LogP) is 3.25. The molecule has 29 heavy (non-hydrogen) atoms. The Bertz CT molecular complexity index is 624. The Morgan fingerprint density at radius 2 is 2.03 bits per heavy atom. The third-order valence-electron chi connectivity index (χ3n) is 5.70. The molecule has 0 spiro atoms. The number of likely N-dealkylation sites (tertiary alicyclic amines) is 1. The van der Waals surface area contributed by atoms with E-state index < -0.39 is 0 Å². The van der Waals surface area contributed by atoms with E-state index in [0.29, 0.717) is 12.2 Å². The Labute approximate surface area is 175 Å². The minimum absolute atomic E-state index is 0.302. The number of guanidine groups is 1. The molecule has 1 atom stereocenters. The van der Waals surface area contributed by atoms with E-state index in [1.807, 2.05) is 12.1 Å². The zero-order valence-electron chi connectivity index (χ0n) is 18.1. The summed E-state index contributed by atoms with van der Waals surface area (Å²) < 4.78 is 17.4. The molecule has 162 valence electrons. The Morgan fingerprint density at radius 3 is 2.76 bits per heavy atom. The fraction of sp³-hybridized carbons (Fsp3) is 0.696. The highest BCUT2D eigenvalue weighted by Gasteiger charge is 2.23. The summed E-state index contributed by atoms with van der Waals surface area (Å²) in [5.74, 6) is 1.95. The van der Waals surface area contributed by atoms with E-state index in [0.717, 1.165) is 76.8 Å². The van der Waals surface area contributed by atoms with Crippen molar-refractivity contribution in [2.75, 3.05) is 46.5 Å². The number of hydrogen-bond donors (Lipinski definition) is 1. The van der Waals surface area contributed by atoms with Crippen LogP contribution >= 0.6 is 0 Å². The van der Waals surface area contributed by atoms with Crippen LogP contribution < -0.4 is 10.1 Å². The molecule has 6 heteroatoms. The van der Waals surface area contributed by atoms with Gasteiger partial charge in [-0.25, -0.2) is 0 Å². The number of rotatable bonds is 8. The van der Waals surface area contributed by atoms with Crippen molar-refractivity contribution in [1.29, 1.82) is 0 Å². The Kier molecular flexibility index (Phi) is 9.09. The van der Waals surface area contributed by atoms with Crippen LogP contribution in [0.4, 0.5) is 0 Å². The lowest BCUT2D eigenvalue weighted by Crippen LogP contribution is -2.47. The number of nitrogens with one attached hydrogen (secondary N) is 1. The first-order valence-electron chi connectivity index (χ1n) is 11.2. The lowest BCUT2D eigenvalue weighted by atomic mass is 10.1. The van der Waals surface area contributed by atoms with Crippen LogP contribution in [-0.2, 0) is 15.9 Å². The Hall–Kier alpha value is -1.79. The number of para-hydroxylation sites is 1. The predicted molar refractivity (Wildman–Crippen MR) is 117 cm³/mol. The Balaban J connectivity index is 1.45. The molecule has 2 heterocycles. The molecule has 0 saturated carbocycles. The maximum absolute atomic E-state index is 6.15. The standard InChI is InChI=1S/C23H37N3O3/c1-3-24-23(25-14-11-19-8-4-5-10-22(19)27-2)26-15-12-20(13-16-26)29-18-21-9-6-7-17-28-21/h4-5,8,10,20-21H,3,6-7,9,11-18H2,1-2H3,(H,24,25). The highest BCUT2D eigenvalue weighted by atomic mass is 16.5. The first kappa shape index (κ1) is 21.9. The molecule has 0 aliphatic carbocycles. The second-order valence-corrected chi connectivity index (χ2v) is 7.81.